The van der Waals surface area contributed by atoms with E-state index in [1.165, 1.54) is 5.56 Å². The Morgan fingerprint density at radius 3 is 2.41 bits per heavy atom. The number of nitro groups is 1. The van der Waals surface area contributed by atoms with E-state index in [0.717, 1.165) is 23.1 Å². The highest BCUT2D eigenvalue weighted by molar-refractivity contribution is 9.10. The predicted octanol–water partition coefficient (Wildman–Crippen LogP) is 3.69. The monoisotopic (exact) mass is 360 g/mol. The molecule has 2 aromatic rings. The maximum Gasteiger partial charge on any atom is 0.233 e. The molecule has 1 aliphatic rings. The second kappa shape index (κ2) is 6.58. The van der Waals surface area contributed by atoms with Gasteiger partial charge in [0.05, 0.1) is 12.5 Å². The summed E-state index contributed by atoms with van der Waals surface area (Å²) in [6.07, 6.45) is 0. The van der Waals surface area contributed by atoms with Crippen LogP contribution in [-0.2, 0) is 6.54 Å². The van der Waals surface area contributed by atoms with Crippen molar-refractivity contribution < 1.29 is 4.92 Å². The summed E-state index contributed by atoms with van der Waals surface area (Å²) in [6, 6.07) is 17.4. The fourth-order valence-electron chi connectivity index (χ4n) is 3.09. The molecule has 5 heteroatoms. The molecule has 0 aliphatic carbocycles. The first-order valence-corrected chi connectivity index (χ1v) is 8.08. The molecule has 4 nitrogen and oxygen atoms in total. The van der Waals surface area contributed by atoms with Crippen LogP contribution in [0, 0.1) is 10.1 Å². The molecule has 1 saturated heterocycles. The number of hydrogen-bond donors (Lipinski definition) is 0. The molecule has 1 heterocycles. The van der Waals surface area contributed by atoms with E-state index in [0.29, 0.717) is 6.54 Å². The Bertz CT molecular complexity index is 645. The van der Waals surface area contributed by atoms with Gasteiger partial charge >= 0.3 is 0 Å². The van der Waals surface area contributed by atoms with Crippen molar-refractivity contribution in [2.45, 2.75) is 18.5 Å². The van der Waals surface area contributed by atoms with Gasteiger partial charge in [-0.15, -0.1) is 0 Å². The molecule has 3 rings (SSSR count). The van der Waals surface area contributed by atoms with E-state index in [1.807, 2.05) is 42.5 Å². The maximum absolute atomic E-state index is 11.4. The van der Waals surface area contributed by atoms with Gasteiger partial charge in [-0.2, -0.15) is 0 Å². The van der Waals surface area contributed by atoms with Crippen LogP contribution < -0.4 is 0 Å². The molecule has 0 saturated carbocycles. The van der Waals surface area contributed by atoms with Crippen molar-refractivity contribution in [3.63, 3.8) is 0 Å². The smallest absolute Gasteiger partial charge is 0.233 e. The molecule has 0 amide bonds. The zero-order valence-corrected chi connectivity index (χ0v) is 13.6. The van der Waals surface area contributed by atoms with Gasteiger partial charge in [-0.3, -0.25) is 15.0 Å². The number of benzene rings is 2. The maximum atomic E-state index is 11.4. The van der Waals surface area contributed by atoms with Crippen LogP contribution in [-0.4, -0.2) is 29.0 Å². The average Bonchev–Trinajstić information content (AvgIpc) is 2.93. The Labute approximate surface area is 138 Å². The van der Waals surface area contributed by atoms with Crippen LogP contribution >= 0.6 is 15.9 Å². The van der Waals surface area contributed by atoms with Gasteiger partial charge in [0.15, 0.2) is 0 Å². The molecule has 0 spiro atoms. The summed E-state index contributed by atoms with van der Waals surface area (Å²) in [6.45, 7) is 1.99. The number of hydrogen-bond acceptors (Lipinski definition) is 3. The van der Waals surface area contributed by atoms with Gasteiger partial charge in [-0.1, -0.05) is 58.4 Å². The summed E-state index contributed by atoms with van der Waals surface area (Å²) >= 11 is 3.41. The molecule has 22 heavy (non-hydrogen) atoms. The first kappa shape index (κ1) is 15.2. The van der Waals surface area contributed by atoms with Crippen LogP contribution in [0.25, 0.3) is 0 Å². The van der Waals surface area contributed by atoms with E-state index in [-0.39, 0.29) is 10.8 Å². The Kier molecular flexibility index (Phi) is 4.55. The lowest BCUT2D eigenvalue weighted by atomic mass is 9.95. The minimum atomic E-state index is -0.537. The van der Waals surface area contributed by atoms with Gasteiger partial charge in [0.25, 0.3) is 0 Å². The Hall–Kier alpha value is -1.72. The van der Waals surface area contributed by atoms with E-state index in [1.54, 1.807) is 0 Å². The fraction of sp³-hybridized carbons (Fsp3) is 0.294. The Balaban J connectivity index is 1.77. The molecule has 0 aromatic heterocycles. The number of rotatable bonds is 4. The van der Waals surface area contributed by atoms with E-state index in [2.05, 4.69) is 33.0 Å². The highest BCUT2D eigenvalue weighted by Gasteiger charge is 2.41. The van der Waals surface area contributed by atoms with Crippen LogP contribution in [0.3, 0.4) is 0 Å². The number of halogens is 1. The summed E-state index contributed by atoms with van der Waals surface area (Å²) in [5.41, 5.74) is 2.24. The van der Waals surface area contributed by atoms with Crippen molar-refractivity contribution in [2.75, 3.05) is 13.1 Å². The highest BCUT2D eigenvalue weighted by atomic mass is 79.9. The summed E-state index contributed by atoms with van der Waals surface area (Å²) in [4.78, 5) is 13.5. The van der Waals surface area contributed by atoms with E-state index in [4.69, 9.17) is 0 Å². The summed E-state index contributed by atoms with van der Waals surface area (Å²) in [5.74, 6) is -0.0492. The van der Waals surface area contributed by atoms with E-state index in [9.17, 15) is 10.1 Å². The second-order valence-electron chi connectivity index (χ2n) is 5.69. The average molecular weight is 361 g/mol. The number of nitrogens with zero attached hydrogens (tertiary/aromatic N) is 2. The van der Waals surface area contributed by atoms with Gasteiger partial charge in [0.2, 0.25) is 6.04 Å². The van der Waals surface area contributed by atoms with Crippen LogP contribution in [0.5, 0.6) is 0 Å². The van der Waals surface area contributed by atoms with Crippen molar-refractivity contribution >= 4 is 15.9 Å². The quantitative estimate of drug-likeness (QED) is 0.616. The SMILES string of the molecule is O=[N+]([O-])C1CN(Cc2ccccc2)CC1c1ccc(Br)cc1. The first-order valence-electron chi connectivity index (χ1n) is 7.29. The minimum absolute atomic E-state index is 0.0492. The molecule has 2 atom stereocenters. The van der Waals surface area contributed by atoms with Crippen molar-refractivity contribution in [2.24, 2.45) is 0 Å². The summed E-state index contributed by atoms with van der Waals surface area (Å²) in [7, 11) is 0. The van der Waals surface area contributed by atoms with Crippen molar-refractivity contribution in [3.8, 4) is 0 Å². The molecule has 0 radical (unpaired) electrons. The molecule has 114 valence electrons. The van der Waals surface area contributed by atoms with Crippen LogP contribution in [0.4, 0.5) is 0 Å². The van der Waals surface area contributed by atoms with Gasteiger partial charge in [0, 0.05) is 22.5 Å². The van der Waals surface area contributed by atoms with Crippen LogP contribution in [0.2, 0.25) is 0 Å². The largest absolute Gasteiger partial charge is 0.292 e. The normalized spacial score (nSPS) is 21.9. The fourth-order valence-corrected chi connectivity index (χ4v) is 3.35. The lowest BCUT2D eigenvalue weighted by molar-refractivity contribution is -0.521. The van der Waals surface area contributed by atoms with Crippen LogP contribution in [0.15, 0.2) is 59.1 Å². The molecular weight excluding hydrogens is 344 g/mol. The third-order valence-corrected chi connectivity index (χ3v) is 4.71. The minimum Gasteiger partial charge on any atom is -0.292 e. The number of likely N-dealkylation sites (tertiary alicyclic amines) is 1. The van der Waals surface area contributed by atoms with E-state index < -0.39 is 6.04 Å². The molecular formula is C17H17BrN2O2. The van der Waals surface area contributed by atoms with E-state index >= 15 is 0 Å². The van der Waals surface area contributed by atoms with Crippen LogP contribution in [0.1, 0.15) is 17.0 Å². The summed E-state index contributed by atoms with van der Waals surface area (Å²) in [5, 5.41) is 11.4. The zero-order valence-electron chi connectivity index (χ0n) is 12.1. The molecule has 2 unspecified atom stereocenters. The van der Waals surface area contributed by atoms with Gasteiger partial charge in [0.1, 0.15) is 0 Å². The summed E-state index contributed by atoms with van der Waals surface area (Å²) < 4.78 is 0.994. The van der Waals surface area contributed by atoms with Crippen molar-refractivity contribution in [1.29, 1.82) is 0 Å². The third-order valence-electron chi connectivity index (χ3n) is 4.18. The second-order valence-corrected chi connectivity index (χ2v) is 6.61. The van der Waals surface area contributed by atoms with Crippen molar-refractivity contribution in [1.82, 2.24) is 4.90 Å². The Morgan fingerprint density at radius 2 is 1.77 bits per heavy atom. The standard InChI is InChI=1S/C17H17BrN2O2/c18-15-8-6-14(7-9-15)16-11-19(12-17(16)20(21)22)10-13-4-2-1-3-5-13/h1-9,16-17H,10-12H2. The van der Waals surface area contributed by atoms with Gasteiger partial charge in [-0.25, -0.2) is 0 Å². The highest BCUT2D eigenvalue weighted by Crippen LogP contribution is 2.31. The zero-order chi connectivity index (χ0) is 15.5. The first-order chi connectivity index (χ1) is 10.6. The van der Waals surface area contributed by atoms with Gasteiger partial charge < -0.3 is 0 Å². The molecule has 0 N–H and O–H groups in total. The Morgan fingerprint density at radius 1 is 1.09 bits per heavy atom. The topological polar surface area (TPSA) is 46.4 Å². The van der Waals surface area contributed by atoms with Gasteiger partial charge in [-0.05, 0) is 23.3 Å². The lowest BCUT2D eigenvalue weighted by Gasteiger charge is -2.15. The molecule has 0 bridgehead atoms. The van der Waals surface area contributed by atoms with Crippen molar-refractivity contribution in [3.05, 3.63) is 80.3 Å². The predicted molar refractivity (Wildman–Crippen MR) is 89.4 cm³/mol. The molecule has 1 fully saturated rings. The molecule has 1 aliphatic heterocycles. The third kappa shape index (κ3) is 3.36. The lowest BCUT2D eigenvalue weighted by Crippen LogP contribution is -2.28. The molecule has 2 aromatic carbocycles.